The average molecular weight is 1030 g/mol. The SMILES string of the molecule is C.C.C.C.C.CC1=NC2CCCCC2O1.COC.COC.COC.COC.COC.COC1CCCCC1[N+](=O)[O-].NC1CCCCC1O.O=[N+]([O-])C1CCCCC1O.S=C1NC2CCCCC2O1. The third-order valence-electron chi connectivity index (χ3n) is 10.6. The molecule has 0 spiro atoms. The lowest BCUT2D eigenvalue weighted by molar-refractivity contribution is -0.538. The topological polar surface area (TPSA) is 251 Å². The first-order valence-corrected chi connectivity index (χ1v) is 23.1. The molecule has 422 valence electrons. The van der Waals surface area contributed by atoms with Crippen molar-refractivity contribution < 1.29 is 58.0 Å². The van der Waals surface area contributed by atoms with Gasteiger partial charge in [-0.3, -0.25) is 20.2 Å². The number of aliphatic hydroxyl groups is 2. The number of nitrogens with one attached hydrogen (secondary N) is 1. The van der Waals surface area contributed by atoms with Gasteiger partial charge in [0, 0.05) is 114 Å². The number of rotatable bonds is 3. The van der Waals surface area contributed by atoms with Crippen molar-refractivity contribution in [3.05, 3.63) is 20.2 Å². The van der Waals surface area contributed by atoms with Crippen LogP contribution in [0.3, 0.4) is 0 Å². The second-order valence-electron chi connectivity index (χ2n) is 16.3. The molecule has 5 N–H and O–H groups in total. The van der Waals surface area contributed by atoms with E-state index < -0.39 is 18.2 Å². The van der Waals surface area contributed by atoms with E-state index in [-0.39, 0.29) is 65.2 Å². The van der Waals surface area contributed by atoms with Crippen LogP contribution in [0.4, 0.5) is 0 Å². The van der Waals surface area contributed by atoms with Crippen molar-refractivity contribution in [3.8, 4) is 0 Å². The Bertz CT molecular complexity index is 1120. The molecule has 0 aromatic heterocycles. The molecule has 20 heteroatoms. The van der Waals surface area contributed by atoms with Gasteiger partial charge in [-0.05, 0) is 89.3 Å². The van der Waals surface area contributed by atoms with E-state index in [0.29, 0.717) is 48.7 Å². The number of thiocarbonyl (C=S) groups is 1. The molecule has 2 aliphatic heterocycles. The average Bonchev–Trinajstić information content (AvgIpc) is 3.85. The van der Waals surface area contributed by atoms with Gasteiger partial charge in [-0.2, -0.15) is 0 Å². The molecule has 19 nitrogen and oxygen atoms in total. The van der Waals surface area contributed by atoms with Crippen molar-refractivity contribution >= 4 is 23.3 Å². The molecule has 5 saturated carbocycles. The number of nitro groups is 2. The van der Waals surface area contributed by atoms with Crippen LogP contribution >= 0.6 is 12.2 Å². The maximum atomic E-state index is 10.4. The molecule has 10 atom stereocenters. The number of fused-ring (bicyclic) bond motifs is 2. The summed E-state index contributed by atoms with van der Waals surface area (Å²) < 4.78 is 37.2. The lowest BCUT2D eigenvalue weighted by atomic mass is 9.93. The van der Waals surface area contributed by atoms with Crippen LogP contribution in [0.1, 0.15) is 172 Å². The number of hydrogen-bond acceptors (Lipinski definition) is 17. The largest absolute Gasteiger partial charge is 0.476 e. The normalized spacial score (nSPS) is 26.9. The highest BCUT2D eigenvalue weighted by molar-refractivity contribution is 7.80. The second kappa shape index (κ2) is 56.5. The Hall–Kier alpha value is -2.40. The van der Waals surface area contributed by atoms with Crippen LogP contribution in [0, 0.1) is 20.2 Å². The molecule has 1 saturated heterocycles. The van der Waals surface area contributed by atoms with E-state index in [0.717, 1.165) is 57.3 Å². The first-order valence-electron chi connectivity index (χ1n) is 22.7. The quantitative estimate of drug-likeness (QED) is 0.117. The van der Waals surface area contributed by atoms with Crippen LogP contribution in [-0.4, -0.2) is 170 Å². The number of methoxy groups -OCH3 is 6. The third kappa shape index (κ3) is 43.0. The number of aliphatic imine (C=N–C) groups is 1. The van der Waals surface area contributed by atoms with E-state index in [2.05, 4.69) is 34.0 Å². The van der Waals surface area contributed by atoms with Crippen molar-refractivity contribution in [2.24, 2.45) is 10.7 Å². The zero-order valence-corrected chi connectivity index (χ0v) is 42.4. The highest BCUT2D eigenvalue weighted by Crippen LogP contribution is 2.28. The molecule has 10 unspecified atom stereocenters. The molecule has 69 heavy (non-hydrogen) atoms. The summed E-state index contributed by atoms with van der Waals surface area (Å²) in [6, 6.07) is -0.0683. The predicted octanol–water partition coefficient (Wildman–Crippen LogP) is 9.48. The predicted molar refractivity (Wildman–Crippen MR) is 289 cm³/mol. The van der Waals surface area contributed by atoms with E-state index in [4.69, 9.17) is 42.4 Å². The van der Waals surface area contributed by atoms with Gasteiger partial charge in [-0.1, -0.05) is 75.7 Å². The molecule has 2 heterocycles. The van der Waals surface area contributed by atoms with Gasteiger partial charge in [0.25, 0.3) is 5.17 Å². The minimum absolute atomic E-state index is 0. The van der Waals surface area contributed by atoms with Crippen molar-refractivity contribution in [2.75, 3.05) is 78.2 Å². The third-order valence-corrected chi connectivity index (χ3v) is 10.8. The first-order chi connectivity index (χ1) is 30.6. The summed E-state index contributed by atoms with van der Waals surface area (Å²) in [6.07, 6.45) is 20.6. The van der Waals surface area contributed by atoms with Gasteiger partial charge >= 0.3 is 0 Å². The lowest BCUT2D eigenvalue weighted by Gasteiger charge is -2.23. The van der Waals surface area contributed by atoms with Crippen LogP contribution in [0.5, 0.6) is 0 Å². The Morgan fingerprint density at radius 2 is 0.942 bits per heavy atom. The minimum Gasteiger partial charge on any atom is -0.476 e. The Morgan fingerprint density at radius 1 is 0.565 bits per heavy atom. The molecule has 0 aromatic rings. The van der Waals surface area contributed by atoms with Gasteiger partial charge in [0.2, 0.25) is 12.1 Å². The summed E-state index contributed by atoms with van der Waals surface area (Å²) in [5.41, 5.74) is 5.53. The summed E-state index contributed by atoms with van der Waals surface area (Å²) >= 11 is 4.90. The maximum Gasteiger partial charge on any atom is 0.257 e. The molecule has 7 rings (SSSR count). The fourth-order valence-corrected chi connectivity index (χ4v) is 7.92. The van der Waals surface area contributed by atoms with E-state index >= 15 is 0 Å². The molecule has 0 radical (unpaired) electrons. The molecule has 5 aliphatic carbocycles. The zero-order valence-electron chi connectivity index (χ0n) is 41.5. The van der Waals surface area contributed by atoms with Crippen molar-refractivity contribution in [2.45, 2.75) is 233 Å². The van der Waals surface area contributed by atoms with Gasteiger partial charge in [0.15, 0.2) is 5.90 Å². The van der Waals surface area contributed by atoms with E-state index in [1.54, 1.807) is 78.2 Å². The number of aliphatic hydroxyl groups excluding tert-OH is 2. The Morgan fingerprint density at radius 3 is 1.30 bits per heavy atom. The standard InChI is InChI=1S/C8H13NO.C7H13NO3.C7H11NOS.C6H11NO3.C6H13NO.5C2H6O.5CH4/c1-6-9-7-4-2-3-5-8(7)10-6;1-11-7-5-3-2-4-6(7)8(9)10;10-7-8-5-3-1-2-4-6(5)9-7;8-6-4-2-1-3-5(6)7(9)10;7-5-3-1-2-4-6(5)8;5*1-3-2;;;;;/h7-8H,2-5H2,1H3;6-7H,2-5H2,1H3;5-6H,1-4H2,(H,8,10);5-6,8H,1-4H2;5-6,8H,1-4,7H2;5*1-2H3;5*1H4. The van der Waals surface area contributed by atoms with Crippen molar-refractivity contribution in [1.82, 2.24) is 5.32 Å². The highest BCUT2D eigenvalue weighted by atomic mass is 32.1. The van der Waals surface area contributed by atoms with Gasteiger partial charge in [-0.15, -0.1) is 0 Å². The summed E-state index contributed by atoms with van der Waals surface area (Å²) in [4.78, 5) is 24.5. The molecular formula is C49H111N5O14S. The lowest BCUT2D eigenvalue weighted by Crippen LogP contribution is -2.37. The summed E-state index contributed by atoms with van der Waals surface area (Å²) in [7, 11) is 17.8. The summed E-state index contributed by atoms with van der Waals surface area (Å²) in [5, 5.41) is 42.6. The smallest absolute Gasteiger partial charge is 0.257 e. The van der Waals surface area contributed by atoms with Crippen LogP contribution in [-0.2, 0) is 37.9 Å². The van der Waals surface area contributed by atoms with Crippen LogP contribution < -0.4 is 11.1 Å². The highest BCUT2D eigenvalue weighted by Gasteiger charge is 2.35. The van der Waals surface area contributed by atoms with Crippen molar-refractivity contribution in [3.63, 3.8) is 0 Å². The monoisotopic (exact) mass is 1030 g/mol. The molecule has 0 bridgehead atoms. The van der Waals surface area contributed by atoms with Gasteiger partial charge in [0.1, 0.15) is 24.4 Å². The fourth-order valence-electron chi connectivity index (χ4n) is 7.64. The van der Waals surface area contributed by atoms with Gasteiger partial charge in [0.05, 0.1) is 18.2 Å². The van der Waals surface area contributed by atoms with Crippen LogP contribution in [0.15, 0.2) is 4.99 Å². The zero-order chi connectivity index (χ0) is 49.3. The molecule has 7 aliphatic rings. The van der Waals surface area contributed by atoms with Gasteiger partial charge in [-0.25, -0.2) is 4.99 Å². The second-order valence-corrected chi connectivity index (χ2v) is 16.7. The molecule has 0 amide bonds. The number of nitrogens with two attached hydrogens (primary N) is 1. The molecule has 0 aromatic carbocycles. The first kappa shape index (κ1) is 83.5. The Labute approximate surface area is 427 Å². The Balaban J connectivity index is -0.000000103. The Kier molecular flexibility index (Phi) is 68.4. The van der Waals surface area contributed by atoms with Crippen LogP contribution in [0.25, 0.3) is 0 Å². The summed E-state index contributed by atoms with van der Waals surface area (Å²) in [6.45, 7) is 1.96. The summed E-state index contributed by atoms with van der Waals surface area (Å²) in [5.74, 6) is 0.900. The maximum absolute atomic E-state index is 10.4. The van der Waals surface area contributed by atoms with E-state index in [1.807, 2.05) is 6.92 Å². The number of hydrogen-bond donors (Lipinski definition) is 4. The molecular weight excluding hydrogens is 915 g/mol. The van der Waals surface area contributed by atoms with Crippen LogP contribution in [0.2, 0.25) is 0 Å². The number of ether oxygens (including phenoxy) is 8. The van der Waals surface area contributed by atoms with Crippen molar-refractivity contribution in [1.29, 1.82) is 0 Å². The van der Waals surface area contributed by atoms with E-state index in [1.165, 1.54) is 57.8 Å². The van der Waals surface area contributed by atoms with Gasteiger partial charge < -0.3 is 59.2 Å². The minimum atomic E-state index is -0.705. The number of nitrogens with zero attached hydrogens (tertiary/aromatic N) is 3. The molecule has 6 fully saturated rings. The van der Waals surface area contributed by atoms with E-state index in [9.17, 15) is 20.2 Å². The fraction of sp³-hybridized carbons (Fsp3) is 0.959.